The average Bonchev–Trinajstić information content (AvgIpc) is 3.18. The summed E-state index contributed by atoms with van der Waals surface area (Å²) in [5.41, 5.74) is 3.09. The van der Waals surface area contributed by atoms with E-state index < -0.39 is 0 Å². The van der Waals surface area contributed by atoms with E-state index in [2.05, 4.69) is 15.4 Å². The van der Waals surface area contributed by atoms with Crippen molar-refractivity contribution < 1.29 is 9.21 Å². The van der Waals surface area contributed by atoms with E-state index in [-0.39, 0.29) is 11.7 Å². The zero-order chi connectivity index (χ0) is 18.3. The molecule has 0 saturated carbocycles. The van der Waals surface area contributed by atoms with Crippen molar-refractivity contribution in [3.8, 4) is 5.82 Å². The number of benzene rings is 1. The van der Waals surface area contributed by atoms with E-state index in [1.165, 1.54) is 0 Å². The number of hydrogen-bond donors (Lipinski definition) is 1. The number of nitrogens with zero attached hydrogens (tertiary/aromatic N) is 3. The first-order chi connectivity index (χ1) is 12.5. The maximum Gasteiger partial charge on any atom is 0.291 e. The predicted molar refractivity (Wildman–Crippen MR) is 100 cm³/mol. The highest BCUT2D eigenvalue weighted by atomic mass is 35.5. The maximum atomic E-state index is 12.4. The molecule has 4 rings (SSSR count). The second-order valence-corrected chi connectivity index (χ2v) is 6.43. The van der Waals surface area contributed by atoms with Crippen LogP contribution in [0.4, 0.5) is 5.69 Å². The molecule has 1 amide bonds. The first-order valence-corrected chi connectivity index (χ1v) is 8.37. The highest BCUT2D eigenvalue weighted by Gasteiger charge is 2.13. The van der Waals surface area contributed by atoms with Crippen molar-refractivity contribution in [1.82, 2.24) is 14.8 Å². The van der Waals surface area contributed by atoms with Gasteiger partial charge >= 0.3 is 0 Å². The lowest BCUT2D eigenvalue weighted by atomic mass is 10.2. The number of aryl methyl sites for hydroxylation is 2. The van der Waals surface area contributed by atoms with Crippen molar-refractivity contribution in [2.75, 3.05) is 5.32 Å². The van der Waals surface area contributed by atoms with Crippen LogP contribution in [0.15, 0.2) is 53.1 Å². The highest BCUT2D eigenvalue weighted by Crippen LogP contribution is 2.23. The molecule has 7 heteroatoms. The Morgan fingerprint density at radius 1 is 1.15 bits per heavy atom. The first-order valence-electron chi connectivity index (χ1n) is 8.00. The van der Waals surface area contributed by atoms with Crippen LogP contribution in [-0.2, 0) is 0 Å². The van der Waals surface area contributed by atoms with Crippen LogP contribution in [-0.4, -0.2) is 20.7 Å². The normalized spacial score (nSPS) is 11.0. The zero-order valence-corrected chi connectivity index (χ0v) is 14.9. The predicted octanol–water partition coefficient (Wildman–Crippen LogP) is 4.54. The van der Waals surface area contributed by atoms with Crippen LogP contribution in [0.3, 0.4) is 0 Å². The third-order valence-corrected chi connectivity index (χ3v) is 4.17. The lowest BCUT2D eigenvalue weighted by Gasteiger charge is -2.06. The number of pyridine rings is 1. The first kappa shape index (κ1) is 16.4. The van der Waals surface area contributed by atoms with Gasteiger partial charge in [0.2, 0.25) is 0 Å². The molecule has 0 unspecified atom stereocenters. The summed E-state index contributed by atoms with van der Waals surface area (Å²) in [6.45, 7) is 3.89. The van der Waals surface area contributed by atoms with Crippen LogP contribution < -0.4 is 5.32 Å². The zero-order valence-electron chi connectivity index (χ0n) is 14.2. The van der Waals surface area contributed by atoms with Gasteiger partial charge in [0.1, 0.15) is 5.58 Å². The van der Waals surface area contributed by atoms with E-state index in [9.17, 15) is 4.79 Å². The topological polar surface area (TPSA) is 73.0 Å². The van der Waals surface area contributed by atoms with Gasteiger partial charge in [0.15, 0.2) is 11.6 Å². The Morgan fingerprint density at radius 2 is 2.00 bits per heavy atom. The highest BCUT2D eigenvalue weighted by molar-refractivity contribution is 6.31. The number of carbonyl (C=O) groups is 1. The van der Waals surface area contributed by atoms with E-state index in [1.54, 1.807) is 47.3 Å². The van der Waals surface area contributed by atoms with Crippen molar-refractivity contribution in [3.63, 3.8) is 0 Å². The minimum Gasteiger partial charge on any atom is -0.451 e. The molecule has 0 saturated heterocycles. The van der Waals surface area contributed by atoms with Crippen LogP contribution >= 0.6 is 11.6 Å². The standard InChI is InChI=1S/C19H15ClN4O2/c1-11-7-12(2)24(23-11)18-6-4-15(10-21-18)22-19(25)17-9-13-8-14(20)3-5-16(13)26-17/h3-10H,1-2H3,(H,22,25). The molecule has 0 aliphatic rings. The summed E-state index contributed by atoms with van der Waals surface area (Å²) in [6.07, 6.45) is 1.59. The fraction of sp³-hybridized carbons (Fsp3) is 0.105. The van der Waals surface area contributed by atoms with Gasteiger partial charge in [-0.3, -0.25) is 4.79 Å². The number of nitrogens with one attached hydrogen (secondary N) is 1. The Labute approximate surface area is 154 Å². The molecule has 0 bridgehead atoms. The van der Waals surface area contributed by atoms with Crippen LogP contribution in [0.25, 0.3) is 16.8 Å². The van der Waals surface area contributed by atoms with E-state index in [4.69, 9.17) is 16.0 Å². The average molecular weight is 367 g/mol. The number of anilines is 1. The minimum atomic E-state index is -0.349. The van der Waals surface area contributed by atoms with Crippen molar-refractivity contribution in [3.05, 3.63) is 70.8 Å². The molecular formula is C19H15ClN4O2. The van der Waals surface area contributed by atoms with Crippen LogP contribution in [0.2, 0.25) is 5.02 Å². The lowest BCUT2D eigenvalue weighted by molar-refractivity contribution is 0.0998. The Hall–Kier alpha value is -3.12. The fourth-order valence-corrected chi connectivity index (χ4v) is 2.95. The summed E-state index contributed by atoms with van der Waals surface area (Å²) in [5.74, 6) is 0.551. The lowest BCUT2D eigenvalue weighted by Crippen LogP contribution is -2.11. The van der Waals surface area contributed by atoms with Gasteiger partial charge in [0, 0.05) is 16.1 Å². The van der Waals surface area contributed by atoms with Gasteiger partial charge in [-0.05, 0) is 56.3 Å². The molecule has 0 fully saturated rings. The SMILES string of the molecule is Cc1cc(C)n(-c2ccc(NC(=O)c3cc4cc(Cl)ccc4o3)cn2)n1. The summed E-state index contributed by atoms with van der Waals surface area (Å²) >= 11 is 5.96. The molecule has 0 aliphatic carbocycles. The van der Waals surface area contributed by atoms with Gasteiger partial charge in [-0.1, -0.05) is 11.6 Å². The quantitative estimate of drug-likeness (QED) is 0.578. The van der Waals surface area contributed by atoms with Crippen LogP contribution in [0.5, 0.6) is 0 Å². The Bertz CT molecular complexity index is 1110. The Balaban J connectivity index is 1.54. The summed E-state index contributed by atoms with van der Waals surface area (Å²) in [5, 5.41) is 8.54. The van der Waals surface area contributed by atoms with E-state index in [0.717, 1.165) is 16.8 Å². The second-order valence-electron chi connectivity index (χ2n) is 5.99. The molecule has 3 heterocycles. The molecule has 1 aromatic carbocycles. The summed E-state index contributed by atoms with van der Waals surface area (Å²) in [4.78, 5) is 16.8. The minimum absolute atomic E-state index is 0.213. The Morgan fingerprint density at radius 3 is 2.69 bits per heavy atom. The summed E-state index contributed by atoms with van der Waals surface area (Å²) in [6, 6.07) is 12.4. The van der Waals surface area contributed by atoms with Gasteiger partial charge in [0.05, 0.1) is 17.6 Å². The summed E-state index contributed by atoms with van der Waals surface area (Å²) < 4.78 is 7.32. The fourth-order valence-electron chi connectivity index (χ4n) is 2.76. The van der Waals surface area contributed by atoms with Gasteiger partial charge in [-0.15, -0.1) is 0 Å². The van der Waals surface area contributed by atoms with Crippen molar-refractivity contribution >= 4 is 34.2 Å². The number of fused-ring (bicyclic) bond motifs is 1. The van der Waals surface area contributed by atoms with Crippen molar-refractivity contribution in [1.29, 1.82) is 0 Å². The number of furan rings is 1. The molecule has 0 radical (unpaired) electrons. The number of halogens is 1. The molecule has 4 aromatic rings. The number of hydrogen-bond acceptors (Lipinski definition) is 4. The molecule has 6 nitrogen and oxygen atoms in total. The molecule has 3 aromatic heterocycles. The second kappa shape index (κ2) is 6.31. The monoisotopic (exact) mass is 366 g/mol. The van der Waals surface area contributed by atoms with E-state index >= 15 is 0 Å². The Kier molecular flexibility index (Phi) is 3.97. The molecule has 26 heavy (non-hydrogen) atoms. The van der Waals surface area contributed by atoms with Crippen LogP contribution in [0, 0.1) is 13.8 Å². The number of rotatable bonds is 3. The maximum absolute atomic E-state index is 12.4. The molecule has 0 spiro atoms. The number of aromatic nitrogens is 3. The van der Waals surface area contributed by atoms with Crippen LogP contribution in [0.1, 0.15) is 21.9 Å². The molecule has 0 aliphatic heterocycles. The third kappa shape index (κ3) is 3.07. The third-order valence-electron chi connectivity index (χ3n) is 3.93. The van der Waals surface area contributed by atoms with Gasteiger partial charge in [-0.2, -0.15) is 5.10 Å². The largest absolute Gasteiger partial charge is 0.451 e. The van der Waals surface area contributed by atoms with Gasteiger partial charge < -0.3 is 9.73 Å². The van der Waals surface area contributed by atoms with E-state index in [1.807, 2.05) is 19.9 Å². The molecular weight excluding hydrogens is 352 g/mol. The molecule has 1 N–H and O–H groups in total. The van der Waals surface area contributed by atoms with E-state index in [0.29, 0.717) is 22.1 Å². The number of amides is 1. The summed E-state index contributed by atoms with van der Waals surface area (Å²) in [7, 11) is 0. The van der Waals surface area contributed by atoms with Gasteiger partial charge in [0.25, 0.3) is 5.91 Å². The molecule has 130 valence electrons. The molecule has 0 atom stereocenters. The van der Waals surface area contributed by atoms with Gasteiger partial charge in [-0.25, -0.2) is 9.67 Å². The number of carbonyl (C=O) groups excluding carboxylic acids is 1. The van der Waals surface area contributed by atoms with Crippen molar-refractivity contribution in [2.45, 2.75) is 13.8 Å². The smallest absolute Gasteiger partial charge is 0.291 e. The van der Waals surface area contributed by atoms with Crippen molar-refractivity contribution in [2.24, 2.45) is 0 Å².